The number of rotatable bonds is 3. The Hall–Kier alpha value is -2.41. The number of hydrogen-bond acceptors (Lipinski definition) is 1. The van der Waals surface area contributed by atoms with Crippen LogP contribution in [-0.4, -0.2) is 5.78 Å². The molecule has 0 fully saturated rings. The molecule has 0 N–H and O–H groups in total. The van der Waals surface area contributed by atoms with Crippen molar-refractivity contribution in [2.75, 3.05) is 0 Å². The first-order valence-electron chi connectivity index (χ1n) is 6.91. The van der Waals surface area contributed by atoms with Gasteiger partial charge in [-0.2, -0.15) is 0 Å². The van der Waals surface area contributed by atoms with Crippen molar-refractivity contribution in [3.8, 4) is 0 Å². The summed E-state index contributed by atoms with van der Waals surface area (Å²) in [5.74, 6) is 0.0744. The van der Waals surface area contributed by atoms with Crippen LogP contribution < -0.4 is 0 Å². The van der Waals surface area contributed by atoms with Crippen molar-refractivity contribution in [2.24, 2.45) is 0 Å². The highest BCUT2D eigenvalue weighted by atomic mass is 16.1. The molecule has 0 aliphatic heterocycles. The number of hydrogen-bond donors (Lipinski definition) is 0. The number of carbonyl (C=O) groups excluding carboxylic acids is 1. The minimum atomic E-state index is 0.0744. The second kappa shape index (κ2) is 5.70. The predicted octanol–water partition coefficient (Wildman–Crippen LogP) is 4.65. The van der Waals surface area contributed by atoms with E-state index in [2.05, 4.69) is 18.2 Å². The molecular formula is C19H16O. The predicted molar refractivity (Wildman–Crippen MR) is 82.7 cm³/mol. The fourth-order valence-corrected chi connectivity index (χ4v) is 2.40. The fourth-order valence-electron chi connectivity index (χ4n) is 2.40. The Labute approximate surface area is 119 Å². The molecule has 3 rings (SSSR count). The van der Waals surface area contributed by atoms with Crippen molar-refractivity contribution in [2.45, 2.75) is 12.8 Å². The number of carbonyl (C=O) groups is 1. The van der Waals surface area contributed by atoms with Gasteiger partial charge in [-0.05, 0) is 24.0 Å². The third kappa shape index (κ3) is 2.62. The maximum absolute atomic E-state index is 12.3. The van der Waals surface area contributed by atoms with E-state index in [1.807, 2.05) is 54.6 Å². The van der Waals surface area contributed by atoms with Gasteiger partial charge in [0.1, 0.15) is 0 Å². The van der Waals surface area contributed by atoms with Gasteiger partial charge < -0.3 is 0 Å². The van der Waals surface area contributed by atoms with Crippen molar-refractivity contribution < 1.29 is 4.79 Å². The van der Waals surface area contributed by atoms with Crippen LogP contribution in [-0.2, 0) is 0 Å². The van der Waals surface area contributed by atoms with Crippen LogP contribution in [0.15, 0.2) is 72.8 Å². The van der Waals surface area contributed by atoms with Gasteiger partial charge in [0.15, 0.2) is 5.78 Å². The Kier molecular flexibility index (Phi) is 3.60. The quantitative estimate of drug-likeness (QED) is 0.734. The molecule has 1 nitrogen and oxygen atoms in total. The lowest BCUT2D eigenvalue weighted by Crippen LogP contribution is -2.00. The van der Waals surface area contributed by atoms with E-state index in [-0.39, 0.29) is 5.78 Å². The first-order chi connectivity index (χ1) is 9.84. The van der Waals surface area contributed by atoms with Gasteiger partial charge in [0, 0.05) is 11.1 Å². The summed E-state index contributed by atoms with van der Waals surface area (Å²) in [6, 6.07) is 17.3. The number of allylic oxidation sites excluding steroid dienone is 4. The van der Waals surface area contributed by atoms with Crippen molar-refractivity contribution >= 4 is 11.4 Å². The van der Waals surface area contributed by atoms with E-state index in [9.17, 15) is 4.79 Å². The molecule has 0 amide bonds. The smallest absolute Gasteiger partial charge is 0.193 e. The van der Waals surface area contributed by atoms with E-state index >= 15 is 0 Å². The summed E-state index contributed by atoms with van der Waals surface area (Å²) in [5, 5.41) is 0. The van der Waals surface area contributed by atoms with Crippen LogP contribution in [0.25, 0.3) is 5.57 Å². The summed E-state index contributed by atoms with van der Waals surface area (Å²) < 4.78 is 0. The van der Waals surface area contributed by atoms with E-state index in [0.29, 0.717) is 0 Å². The molecule has 0 radical (unpaired) electrons. The van der Waals surface area contributed by atoms with Crippen molar-refractivity contribution in [1.82, 2.24) is 0 Å². The first kappa shape index (κ1) is 12.6. The molecule has 0 spiro atoms. The van der Waals surface area contributed by atoms with Gasteiger partial charge in [-0.3, -0.25) is 4.79 Å². The minimum Gasteiger partial charge on any atom is -0.289 e. The molecule has 1 aliphatic rings. The third-order valence-electron chi connectivity index (χ3n) is 3.51. The molecule has 2 aromatic carbocycles. The SMILES string of the molecule is O=C(c1ccccc1)c1ccc(C2=CCCC=C2)cc1. The van der Waals surface area contributed by atoms with E-state index in [0.717, 1.165) is 24.0 Å². The third-order valence-corrected chi connectivity index (χ3v) is 3.51. The van der Waals surface area contributed by atoms with Crippen LogP contribution in [0.5, 0.6) is 0 Å². The Balaban J connectivity index is 1.85. The summed E-state index contributed by atoms with van der Waals surface area (Å²) in [6.07, 6.45) is 8.80. The van der Waals surface area contributed by atoms with Crippen LogP contribution in [0, 0.1) is 0 Å². The molecule has 0 aromatic heterocycles. The average molecular weight is 260 g/mol. The maximum atomic E-state index is 12.3. The second-order valence-electron chi connectivity index (χ2n) is 4.91. The van der Waals surface area contributed by atoms with E-state index in [1.165, 1.54) is 11.1 Å². The summed E-state index contributed by atoms with van der Waals surface area (Å²) >= 11 is 0. The van der Waals surface area contributed by atoms with Crippen molar-refractivity contribution in [1.29, 1.82) is 0 Å². The van der Waals surface area contributed by atoms with Gasteiger partial charge in [0.05, 0.1) is 0 Å². The van der Waals surface area contributed by atoms with E-state index in [4.69, 9.17) is 0 Å². The molecule has 2 aromatic rings. The summed E-state index contributed by atoms with van der Waals surface area (Å²) in [5.41, 5.74) is 3.89. The Morgan fingerprint density at radius 2 is 1.50 bits per heavy atom. The molecular weight excluding hydrogens is 244 g/mol. The molecule has 1 aliphatic carbocycles. The molecule has 0 bridgehead atoms. The van der Waals surface area contributed by atoms with Gasteiger partial charge in [-0.25, -0.2) is 0 Å². The van der Waals surface area contributed by atoms with Gasteiger partial charge in [-0.15, -0.1) is 0 Å². The maximum Gasteiger partial charge on any atom is 0.193 e. The summed E-state index contributed by atoms with van der Waals surface area (Å²) in [7, 11) is 0. The monoisotopic (exact) mass is 260 g/mol. The van der Waals surface area contributed by atoms with Crippen LogP contribution in [0.1, 0.15) is 34.3 Å². The lowest BCUT2D eigenvalue weighted by atomic mass is 9.96. The van der Waals surface area contributed by atoms with Crippen LogP contribution >= 0.6 is 0 Å². The number of benzene rings is 2. The molecule has 0 saturated heterocycles. The van der Waals surface area contributed by atoms with Gasteiger partial charge in [0.2, 0.25) is 0 Å². The first-order valence-corrected chi connectivity index (χ1v) is 6.91. The molecule has 98 valence electrons. The van der Waals surface area contributed by atoms with Crippen LogP contribution in [0.2, 0.25) is 0 Å². The Bertz CT molecular complexity index is 661. The second-order valence-corrected chi connectivity index (χ2v) is 4.91. The highest BCUT2D eigenvalue weighted by Crippen LogP contribution is 2.22. The highest BCUT2D eigenvalue weighted by Gasteiger charge is 2.09. The molecule has 0 unspecified atom stereocenters. The lowest BCUT2D eigenvalue weighted by Gasteiger charge is -2.08. The minimum absolute atomic E-state index is 0.0744. The van der Waals surface area contributed by atoms with Crippen LogP contribution in [0.3, 0.4) is 0 Å². The molecule has 0 atom stereocenters. The lowest BCUT2D eigenvalue weighted by molar-refractivity contribution is 0.103. The zero-order chi connectivity index (χ0) is 13.8. The normalized spacial score (nSPS) is 13.9. The topological polar surface area (TPSA) is 17.1 Å². The van der Waals surface area contributed by atoms with Gasteiger partial charge in [-0.1, -0.05) is 72.8 Å². The zero-order valence-corrected chi connectivity index (χ0v) is 11.3. The largest absolute Gasteiger partial charge is 0.289 e. The Morgan fingerprint density at radius 3 is 2.15 bits per heavy atom. The van der Waals surface area contributed by atoms with Crippen molar-refractivity contribution in [3.05, 3.63) is 89.5 Å². The standard InChI is InChI=1S/C19H16O/c20-19(17-9-5-2-6-10-17)18-13-11-16(12-14-18)15-7-3-1-4-8-15/h2-3,5-14H,1,4H2. The summed E-state index contributed by atoms with van der Waals surface area (Å²) in [4.78, 5) is 12.3. The molecule has 20 heavy (non-hydrogen) atoms. The molecule has 0 heterocycles. The Morgan fingerprint density at radius 1 is 0.800 bits per heavy atom. The molecule has 0 saturated carbocycles. The molecule has 1 heteroatoms. The van der Waals surface area contributed by atoms with E-state index in [1.54, 1.807) is 0 Å². The van der Waals surface area contributed by atoms with Gasteiger partial charge in [0.25, 0.3) is 0 Å². The summed E-state index contributed by atoms with van der Waals surface area (Å²) in [6.45, 7) is 0. The highest BCUT2D eigenvalue weighted by molar-refractivity contribution is 6.09. The number of ketones is 1. The van der Waals surface area contributed by atoms with Crippen molar-refractivity contribution in [3.63, 3.8) is 0 Å². The van der Waals surface area contributed by atoms with E-state index < -0.39 is 0 Å². The fraction of sp³-hybridized carbons (Fsp3) is 0.105. The zero-order valence-electron chi connectivity index (χ0n) is 11.3. The average Bonchev–Trinajstić information content (AvgIpc) is 2.56. The van der Waals surface area contributed by atoms with Gasteiger partial charge >= 0.3 is 0 Å². The van der Waals surface area contributed by atoms with Crippen LogP contribution in [0.4, 0.5) is 0 Å².